The lowest BCUT2D eigenvalue weighted by Crippen LogP contribution is -2.28. The highest BCUT2D eigenvalue weighted by atomic mass is 79.9. The second-order valence-corrected chi connectivity index (χ2v) is 6.22. The van der Waals surface area contributed by atoms with Crippen LogP contribution in [0.25, 0.3) is 0 Å². The number of halogens is 2. The Morgan fingerprint density at radius 2 is 2.21 bits per heavy atom. The summed E-state index contributed by atoms with van der Waals surface area (Å²) in [5, 5.41) is 2.86. The standard InChI is InChI=1S/C13H14Br2N2O2/c1-2-17-7-8(5-12(17)18)13(19)16-11-6-9(14)3-4-10(11)15/h3-4,6,8H,2,5,7H2,1H3,(H,16,19). The Balaban J connectivity index is 2.06. The predicted octanol–water partition coefficient (Wildman–Crippen LogP) is 3.02. The highest BCUT2D eigenvalue weighted by Gasteiger charge is 2.33. The van der Waals surface area contributed by atoms with Crippen LogP contribution in [0.5, 0.6) is 0 Å². The van der Waals surface area contributed by atoms with Crippen molar-refractivity contribution in [3.8, 4) is 0 Å². The van der Waals surface area contributed by atoms with Gasteiger partial charge in [-0.3, -0.25) is 9.59 Å². The number of rotatable bonds is 3. The summed E-state index contributed by atoms with van der Waals surface area (Å²) >= 11 is 6.76. The fourth-order valence-electron chi connectivity index (χ4n) is 2.08. The van der Waals surface area contributed by atoms with Gasteiger partial charge in [-0.05, 0) is 41.1 Å². The molecule has 0 aliphatic carbocycles. The second kappa shape index (κ2) is 6.05. The first kappa shape index (κ1) is 14.5. The first-order valence-corrected chi connectivity index (χ1v) is 7.63. The lowest BCUT2D eigenvalue weighted by atomic mass is 10.1. The fourth-order valence-corrected chi connectivity index (χ4v) is 2.79. The van der Waals surface area contributed by atoms with E-state index in [2.05, 4.69) is 37.2 Å². The molecule has 1 saturated heterocycles. The molecule has 1 aromatic rings. The van der Waals surface area contributed by atoms with Gasteiger partial charge >= 0.3 is 0 Å². The number of carbonyl (C=O) groups is 2. The van der Waals surface area contributed by atoms with E-state index in [4.69, 9.17) is 0 Å². The molecule has 1 aliphatic rings. The smallest absolute Gasteiger partial charge is 0.229 e. The molecule has 4 nitrogen and oxygen atoms in total. The quantitative estimate of drug-likeness (QED) is 0.863. The summed E-state index contributed by atoms with van der Waals surface area (Å²) in [6, 6.07) is 5.58. The van der Waals surface area contributed by atoms with Crippen LogP contribution in [0.1, 0.15) is 13.3 Å². The van der Waals surface area contributed by atoms with E-state index in [0.717, 1.165) is 8.95 Å². The maximum atomic E-state index is 12.2. The number of hydrogen-bond donors (Lipinski definition) is 1. The van der Waals surface area contributed by atoms with Crippen molar-refractivity contribution in [1.29, 1.82) is 0 Å². The second-order valence-electron chi connectivity index (χ2n) is 4.45. The number of nitrogens with one attached hydrogen (secondary N) is 1. The summed E-state index contributed by atoms with van der Waals surface area (Å²) in [4.78, 5) is 25.5. The molecule has 102 valence electrons. The maximum Gasteiger partial charge on any atom is 0.229 e. The van der Waals surface area contributed by atoms with Crippen LogP contribution in [0, 0.1) is 5.92 Å². The molecule has 2 rings (SSSR count). The third-order valence-corrected chi connectivity index (χ3v) is 4.34. The zero-order chi connectivity index (χ0) is 14.0. The van der Waals surface area contributed by atoms with Gasteiger partial charge in [-0.1, -0.05) is 15.9 Å². The molecule has 1 atom stereocenters. The molecule has 2 amide bonds. The van der Waals surface area contributed by atoms with Gasteiger partial charge in [0.25, 0.3) is 0 Å². The molecule has 0 saturated carbocycles. The summed E-state index contributed by atoms with van der Waals surface area (Å²) in [6.07, 6.45) is 0.297. The van der Waals surface area contributed by atoms with E-state index >= 15 is 0 Å². The number of hydrogen-bond acceptors (Lipinski definition) is 2. The van der Waals surface area contributed by atoms with Crippen molar-refractivity contribution < 1.29 is 9.59 Å². The van der Waals surface area contributed by atoms with Gasteiger partial charge in [0.05, 0.1) is 11.6 Å². The zero-order valence-electron chi connectivity index (χ0n) is 10.5. The van der Waals surface area contributed by atoms with Crippen LogP contribution in [0.15, 0.2) is 27.1 Å². The number of likely N-dealkylation sites (tertiary alicyclic amines) is 1. The van der Waals surface area contributed by atoms with Crippen LogP contribution >= 0.6 is 31.9 Å². The van der Waals surface area contributed by atoms with Crippen LogP contribution < -0.4 is 5.32 Å². The van der Waals surface area contributed by atoms with Gasteiger partial charge in [-0.2, -0.15) is 0 Å². The molecule has 19 heavy (non-hydrogen) atoms. The van der Waals surface area contributed by atoms with Gasteiger partial charge in [0, 0.05) is 28.5 Å². The third kappa shape index (κ3) is 3.36. The van der Waals surface area contributed by atoms with Gasteiger partial charge in [-0.25, -0.2) is 0 Å². The minimum absolute atomic E-state index is 0.0518. The third-order valence-electron chi connectivity index (χ3n) is 3.15. The van der Waals surface area contributed by atoms with E-state index in [1.54, 1.807) is 4.90 Å². The van der Waals surface area contributed by atoms with Crippen LogP contribution in [0.3, 0.4) is 0 Å². The number of benzene rings is 1. The van der Waals surface area contributed by atoms with E-state index in [-0.39, 0.29) is 17.7 Å². The van der Waals surface area contributed by atoms with Gasteiger partial charge in [0.15, 0.2) is 0 Å². The first-order valence-electron chi connectivity index (χ1n) is 6.05. The van der Waals surface area contributed by atoms with Crippen LogP contribution in [-0.4, -0.2) is 29.8 Å². The number of nitrogens with zero attached hydrogens (tertiary/aromatic N) is 1. The van der Waals surface area contributed by atoms with Crippen molar-refractivity contribution in [3.05, 3.63) is 27.1 Å². The molecular weight excluding hydrogens is 376 g/mol. The molecule has 1 heterocycles. The van der Waals surface area contributed by atoms with Gasteiger partial charge in [0.2, 0.25) is 11.8 Å². The molecule has 1 N–H and O–H groups in total. The van der Waals surface area contributed by atoms with Crippen molar-refractivity contribution in [3.63, 3.8) is 0 Å². The first-order chi connectivity index (χ1) is 9.01. The Hall–Kier alpha value is -0.880. The summed E-state index contributed by atoms with van der Waals surface area (Å²) < 4.78 is 1.71. The Kier molecular flexibility index (Phi) is 4.62. The Bertz CT molecular complexity index is 519. The topological polar surface area (TPSA) is 49.4 Å². The average Bonchev–Trinajstić information content (AvgIpc) is 2.75. The van der Waals surface area contributed by atoms with Crippen molar-refractivity contribution in [1.82, 2.24) is 4.90 Å². The minimum Gasteiger partial charge on any atom is -0.342 e. The fraction of sp³-hybridized carbons (Fsp3) is 0.385. The van der Waals surface area contributed by atoms with Crippen LogP contribution in [0.2, 0.25) is 0 Å². The van der Waals surface area contributed by atoms with Crippen molar-refractivity contribution in [2.45, 2.75) is 13.3 Å². The lowest BCUT2D eigenvalue weighted by Gasteiger charge is -2.14. The molecule has 0 bridgehead atoms. The highest BCUT2D eigenvalue weighted by molar-refractivity contribution is 9.11. The van der Waals surface area contributed by atoms with Crippen molar-refractivity contribution in [2.75, 3.05) is 18.4 Å². The minimum atomic E-state index is -0.265. The molecule has 1 aromatic carbocycles. The molecule has 0 spiro atoms. The highest BCUT2D eigenvalue weighted by Crippen LogP contribution is 2.27. The lowest BCUT2D eigenvalue weighted by molar-refractivity contribution is -0.128. The normalized spacial score (nSPS) is 18.8. The summed E-state index contributed by atoms with van der Waals surface area (Å²) in [6.45, 7) is 3.08. The maximum absolute atomic E-state index is 12.2. The van der Waals surface area contributed by atoms with Gasteiger partial charge in [0.1, 0.15) is 0 Å². The summed E-state index contributed by atoms with van der Waals surface area (Å²) in [5.74, 6) is -0.322. The Morgan fingerprint density at radius 3 is 2.84 bits per heavy atom. The summed E-state index contributed by atoms with van der Waals surface area (Å²) in [5.41, 5.74) is 0.710. The SMILES string of the molecule is CCN1CC(C(=O)Nc2cc(Br)ccc2Br)CC1=O. The molecular formula is C13H14Br2N2O2. The van der Waals surface area contributed by atoms with E-state index in [0.29, 0.717) is 25.2 Å². The average molecular weight is 390 g/mol. The molecule has 1 fully saturated rings. The Labute approximate surface area is 128 Å². The van der Waals surface area contributed by atoms with E-state index in [9.17, 15) is 9.59 Å². The molecule has 6 heteroatoms. The number of amides is 2. The van der Waals surface area contributed by atoms with Crippen LogP contribution in [-0.2, 0) is 9.59 Å². The zero-order valence-corrected chi connectivity index (χ0v) is 13.6. The van der Waals surface area contributed by atoms with E-state index in [1.807, 2.05) is 25.1 Å². The summed E-state index contributed by atoms with van der Waals surface area (Å²) in [7, 11) is 0. The van der Waals surface area contributed by atoms with Crippen molar-refractivity contribution >= 4 is 49.4 Å². The Morgan fingerprint density at radius 1 is 1.47 bits per heavy atom. The molecule has 1 unspecified atom stereocenters. The van der Waals surface area contributed by atoms with Crippen molar-refractivity contribution in [2.24, 2.45) is 5.92 Å². The molecule has 0 aromatic heterocycles. The molecule has 0 radical (unpaired) electrons. The number of anilines is 1. The predicted molar refractivity (Wildman–Crippen MR) is 80.8 cm³/mol. The number of carbonyl (C=O) groups excluding carboxylic acids is 2. The van der Waals surface area contributed by atoms with E-state index in [1.165, 1.54) is 0 Å². The molecule has 1 aliphatic heterocycles. The van der Waals surface area contributed by atoms with E-state index < -0.39 is 0 Å². The largest absolute Gasteiger partial charge is 0.342 e. The van der Waals surface area contributed by atoms with Gasteiger partial charge < -0.3 is 10.2 Å². The van der Waals surface area contributed by atoms with Gasteiger partial charge in [-0.15, -0.1) is 0 Å². The van der Waals surface area contributed by atoms with Crippen LogP contribution in [0.4, 0.5) is 5.69 Å². The monoisotopic (exact) mass is 388 g/mol.